The first kappa shape index (κ1) is 16.5. The van der Waals surface area contributed by atoms with Crippen molar-refractivity contribution in [1.82, 2.24) is 4.90 Å². The van der Waals surface area contributed by atoms with Gasteiger partial charge in [0.1, 0.15) is 5.75 Å². The van der Waals surface area contributed by atoms with E-state index >= 15 is 0 Å². The number of nitrogens with zero attached hydrogens (tertiary/aromatic N) is 1. The molecule has 1 aliphatic carbocycles. The van der Waals surface area contributed by atoms with Gasteiger partial charge in [0, 0.05) is 19.0 Å². The molecular formula is C18H21NO5. The first-order valence-electron chi connectivity index (χ1n) is 8.26. The number of amides is 1. The van der Waals surface area contributed by atoms with Crippen molar-refractivity contribution >= 4 is 17.8 Å². The molecule has 6 heteroatoms. The Hall–Kier alpha value is -2.37. The summed E-state index contributed by atoms with van der Waals surface area (Å²) in [5, 5.41) is 0. The van der Waals surface area contributed by atoms with E-state index in [0.717, 1.165) is 12.8 Å². The van der Waals surface area contributed by atoms with E-state index in [4.69, 9.17) is 9.47 Å². The Morgan fingerprint density at radius 2 is 2.08 bits per heavy atom. The van der Waals surface area contributed by atoms with Crippen LogP contribution in [0.5, 0.6) is 5.75 Å². The molecule has 0 radical (unpaired) electrons. The Kier molecular flexibility index (Phi) is 4.30. The summed E-state index contributed by atoms with van der Waals surface area (Å²) in [6.07, 6.45) is 1.62. The predicted molar refractivity (Wildman–Crippen MR) is 85.5 cm³/mol. The normalized spacial score (nSPS) is 26.6. The molecular weight excluding hydrogens is 310 g/mol. The van der Waals surface area contributed by atoms with E-state index in [-0.39, 0.29) is 12.4 Å². The molecule has 2 unspecified atom stereocenters. The molecule has 2 aliphatic rings. The third-order valence-electron chi connectivity index (χ3n) is 4.92. The van der Waals surface area contributed by atoms with Gasteiger partial charge in [-0.1, -0.05) is 24.6 Å². The number of para-hydroxylation sites is 1. The molecule has 1 aromatic rings. The smallest absolute Gasteiger partial charge is 0.415 e. The van der Waals surface area contributed by atoms with Crippen molar-refractivity contribution in [3.05, 3.63) is 29.8 Å². The van der Waals surface area contributed by atoms with Crippen LogP contribution in [0.3, 0.4) is 0 Å². The highest BCUT2D eigenvalue weighted by molar-refractivity contribution is 6.06. The van der Waals surface area contributed by atoms with Gasteiger partial charge in [-0.15, -0.1) is 0 Å². The maximum absolute atomic E-state index is 12.9. The molecule has 1 amide bonds. The summed E-state index contributed by atoms with van der Waals surface area (Å²) >= 11 is 0. The number of ether oxygens (including phenoxy) is 2. The molecule has 1 aromatic carbocycles. The number of carbonyl (C=O) groups is 3. The highest BCUT2D eigenvalue weighted by Gasteiger charge is 2.58. The Morgan fingerprint density at radius 1 is 1.33 bits per heavy atom. The highest BCUT2D eigenvalue weighted by Crippen LogP contribution is 2.51. The summed E-state index contributed by atoms with van der Waals surface area (Å²) < 4.78 is 10.6. The van der Waals surface area contributed by atoms with Gasteiger partial charge in [-0.3, -0.25) is 9.59 Å². The molecule has 24 heavy (non-hydrogen) atoms. The molecule has 0 aromatic heterocycles. The Morgan fingerprint density at radius 3 is 2.79 bits per heavy atom. The minimum absolute atomic E-state index is 0.159. The fourth-order valence-electron chi connectivity index (χ4n) is 3.80. The number of fused-ring (bicyclic) bond motifs is 1. The van der Waals surface area contributed by atoms with E-state index in [1.165, 1.54) is 4.90 Å². The third kappa shape index (κ3) is 2.37. The van der Waals surface area contributed by atoms with Crippen LogP contribution in [0, 0.1) is 5.41 Å². The molecule has 1 heterocycles. The summed E-state index contributed by atoms with van der Waals surface area (Å²) in [6.45, 7) is 1.90. The van der Waals surface area contributed by atoms with Gasteiger partial charge >= 0.3 is 12.1 Å². The summed E-state index contributed by atoms with van der Waals surface area (Å²) in [6, 6.07) is 6.34. The number of hydrogen-bond donors (Lipinski definition) is 0. The predicted octanol–water partition coefficient (Wildman–Crippen LogP) is 2.86. The lowest BCUT2D eigenvalue weighted by Gasteiger charge is -2.45. The molecule has 0 bridgehead atoms. The lowest BCUT2D eigenvalue weighted by atomic mass is 9.65. The standard InChI is InChI=1S/C18H21NO5/c1-3-23-16(21)18(11-7-6-10-14(18)20)15-12-8-4-5-9-13(12)24-17(22)19(15)2/h4-5,8-9,15H,3,6-7,10-11H2,1-2H3. The fraction of sp³-hybridized carbons (Fsp3) is 0.500. The maximum atomic E-state index is 12.9. The van der Waals surface area contributed by atoms with Crippen molar-refractivity contribution in [2.75, 3.05) is 13.7 Å². The van der Waals surface area contributed by atoms with Crippen LogP contribution in [-0.2, 0) is 14.3 Å². The van der Waals surface area contributed by atoms with Gasteiger partial charge in [0.2, 0.25) is 0 Å². The Balaban J connectivity index is 2.18. The number of esters is 1. The number of ketones is 1. The molecule has 0 spiro atoms. The number of hydrogen-bond acceptors (Lipinski definition) is 5. The Bertz CT molecular complexity index is 686. The highest BCUT2D eigenvalue weighted by atomic mass is 16.6. The zero-order valence-electron chi connectivity index (χ0n) is 13.9. The summed E-state index contributed by atoms with van der Waals surface area (Å²) in [5.41, 5.74) is -0.693. The lowest BCUT2D eigenvalue weighted by molar-refractivity contribution is -0.167. The molecule has 0 saturated heterocycles. The van der Waals surface area contributed by atoms with Crippen LogP contribution in [-0.4, -0.2) is 36.4 Å². The summed E-state index contributed by atoms with van der Waals surface area (Å²) in [7, 11) is 1.56. The molecule has 3 rings (SSSR count). The summed E-state index contributed by atoms with van der Waals surface area (Å²) in [5.74, 6) is -0.308. The first-order chi connectivity index (χ1) is 11.5. The van der Waals surface area contributed by atoms with Gasteiger partial charge in [0.15, 0.2) is 11.2 Å². The van der Waals surface area contributed by atoms with Crippen LogP contribution in [0.4, 0.5) is 4.79 Å². The van der Waals surface area contributed by atoms with E-state index in [2.05, 4.69) is 0 Å². The van der Waals surface area contributed by atoms with Gasteiger partial charge in [-0.05, 0) is 25.8 Å². The van der Waals surface area contributed by atoms with E-state index in [1.807, 2.05) is 6.07 Å². The second-order valence-electron chi connectivity index (χ2n) is 6.24. The van der Waals surface area contributed by atoms with Crippen molar-refractivity contribution < 1.29 is 23.9 Å². The molecule has 6 nitrogen and oxygen atoms in total. The minimum atomic E-state index is -1.36. The quantitative estimate of drug-likeness (QED) is 0.629. The van der Waals surface area contributed by atoms with Crippen molar-refractivity contribution in [1.29, 1.82) is 0 Å². The molecule has 128 valence electrons. The number of Topliss-reactive ketones (excluding diaryl/α,β-unsaturated/α-hetero) is 1. The minimum Gasteiger partial charge on any atom is -0.465 e. The van der Waals surface area contributed by atoms with Crippen LogP contribution in [0.15, 0.2) is 24.3 Å². The Labute approximate surface area is 140 Å². The lowest BCUT2D eigenvalue weighted by Crippen LogP contribution is -2.55. The first-order valence-corrected chi connectivity index (χ1v) is 8.26. The SMILES string of the molecule is CCOC(=O)C1(C2c3ccccc3OC(=O)N2C)CCCCC1=O. The molecule has 0 N–H and O–H groups in total. The molecule has 1 fully saturated rings. The second kappa shape index (κ2) is 6.26. The largest absolute Gasteiger partial charge is 0.465 e. The van der Waals surface area contributed by atoms with Crippen LogP contribution in [0.2, 0.25) is 0 Å². The van der Waals surface area contributed by atoms with Crippen molar-refractivity contribution in [2.24, 2.45) is 5.41 Å². The number of rotatable bonds is 3. The van der Waals surface area contributed by atoms with E-state index in [1.54, 1.807) is 32.2 Å². The van der Waals surface area contributed by atoms with E-state index in [0.29, 0.717) is 24.2 Å². The average Bonchev–Trinajstić information content (AvgIpc) is 2.57. The van der Waals surface area contributed by atoms with Crippen LogP contribution >= 0.6 is 0 Å². The van der Waals surface area contributed by atoms with Crippen LogP contribution in [0.1, 0.15) is 44.2 Å². The van der Waals surface area contributed by atoms with Crippen molar-refractivity contribution in [2.45, 2.75) is 38.6 Å². The van der Waals surface area contributed by atoms with Gasteiger partial charge in [0.25, 0.3) is 0 Å². The van der Waals surface area contributed by atoms with Crippen LogP contribution in [0.25, 0.3) is 0 Å². The van der Waals surface area contributed by atoms with Crippen molar-refractivity contribution in [3.8, 4) is 5.75 Å². The number of carbonyl (C=O) groups excluding carboxylic acids is 3. The van der Waals surface area contributed by atoms with Gasteiger partial charge in [0.05, 0.1) is 12.6 Å². The fourth-order valence-corrected chi connectivity index (χ4v) is 3.80. The second-order valence-corrected chi connectivity index (χ2v) is 6.24. The third-order valence-corrected chi connectivity index (χ3v) is 4.92. The summed E-state index contributed by atoms with van der Waals surface area (Å²) in [4.78, 5) is 39.4. The van der Waals surface area contributed by atoms with Crippen molar-refractivity contribution in [3.63, 3.8) is 0 Å². The topological polar surface area (TPSA) is 72.9 Å². The van der Waals surface area contributed by atoms with E-state index in [9.17, 15) is 14.4 Å². The molecule has 2 atom stereocenters. The van der Waals surface area contributed by atoms with Gasteiger partial charge in [-0.25, -0.2) is 4.79 Å². The molecule has 1 aliphatic heterocycles. The molecule has 1 saturated carbocycles. The zero-order valence-corrected chi connectivity index (χ0v) is 13.9. The van der Waals surface area contributed by atoms with E-state index < -0.39 is 23.5 Å². The average molecular weight is 331 g/mol. The van der Waals surface area contributed by atoms with Crippen LogP contribution < -0.4 is 4.74 Å². The zero-order chi connectivity index (χ0) is 17.3. The monoisotopic (exact) mass is 331 g/mol. The van der Waals surface area contributed by atoms with Gasteiger partial charge in [-0.2, -0.15) is 0 Å². The van der Waals surface area contributed by atoms with Gasteiger partial charge < -0.3 is 14.4 Å². The number of benzene rings is 1. The maximum Gasteiger partial charge on any atom is 0.415 e.